The molecule has 0 saturated heterocycles. The van der Waals surface area contributed by atoms with Crippen LogP contribution < -0.4 is 5.32 Å². The Kier molecular flexibility index (Phi) is 6.94. The summed E-state index contributed by atoms with van der Waals surface area (Å²) in [7, 11) is 0. The van der Waals surface area contributed by atoms with Crippen molar-refractivity contribution in [3.05, 3.63) is 35.9 Å². The zero-order chi connectivity index (χ0) is 13.2. The van der Waals surface area contributed by atoms with Crippen LogP contribution >= 0.6 is 11.8 Å². The van der Waals surface area contributed by atoms with E-state index in [0.717, 1.165) is 18.6 Å². The Morgan fingerprint density at radius 1 is 1.39 bits per heavy atom. The molecule has 0 heterocycles. The minimum atomic E-state index is -0.988. The van der Waals surface area contributed by atoms with Gasteiger partial charge in [0, 0.05) is 5.75 Å². The molecule has 2 N–H and O–H groups in total. The lowest BCUT2D eigenvalue weighted by atomic mass is 10.1. The zero-order valence-corrected chi connectivity index (χ0v) is 10.9. The van der Waals surface area contributed by atoms with E-state index >= 15 is 0 Å². The number of hydrogen-bond donors (Lipinski definition) is 2. The smallest absolute Gasteiger partial charge is 0.327 e. The van der Waals surface area contributed by atoms with Crippen LogP contribution in [-0.2, 0) is 16.0 Å². The summed E-state index contributed by atoms with van der Waals surface area (Å²) in [5, 5.41) is 11.1. The molecule has 98 valence electrons. The number of aliphatic carboxylic acids is 1. The summed E-state index contributed by atoms with van der Waals surface area (Å²) < 4.78 is 0. The van der Waals surface area contributed by atoms with Gasteiger partial charge in [0.2, 0.25) is 6.41 Å². The van der Waals surface area contributed by atoms with Crippen molar-refractivity contribution >= 4 is 24.1 Å². The summed E-state index contributed by atoms with van der Waals surface area (Å²) >= 11 is 1.55. The molecule has 0 radical (unpaired) electrons. The minimum Gasteiger partial charge on any atom is -0.480 e. The lowest BCUT2D eigenvalue weighted by Crippen LogP contribution is -2.37. The molecule has 0 aliphatic rings. The standard InChI is InChI=1S/C13H17NO3S/c15-10-14-12(13(16)17)9-18-8-4-7-11-5-2-1-3-6-11/h1-3,5-6,10,12H,4,7-9H2,(H,14,15)(H,16,17)/t12-/m0/s1. The molecule has 0 spiro atoms. The molecule has 0 fully saturated rings. The molecule has 0 unspecified atom stereocenters. The first kappa shape index (κ1) is 14.6. The van der Waals surface area contributed by atoms with Gasteiger partial charge in [-0.2, -0.15) is 11.8 Å². The van der Waals surface area contributed by atoms with Crippen molar-refractivity contribution in [3.63, 3.8) is 0 Å². The fourth-order valence-electron chi connectivity index (χ4n) is 1.50. The highest BCUT2D eigenvalue weighted by Gasteiger charge is 2.15. The van der Waals surface area contributed by atoms with Crippen LogP contribution in [-0.4, -0.2) is 35.0 Å². The highest BCUT2D eigenvalue weighted by molar-refractivity contribution is 7.99. The Morgan fingerprint density at radius 2 is 2.11 bits per heavy atom. The molecule has 0 aromatic heterocycles. The molecule has 0 aliphatic carbocycles. The number of carbonyl (C=O) groups is 2. The van der Waals surface area contributed by atoms with E-state index in [9.17, 15) is 9.59 Å². The Bertz CT molecular complexity index is 370. The van der Waals surface area contributed by atoms with E-state index < -0.39 is 12.0 Å². The Hall–Kier alpha value is -1.49. The normalized spacial score (nSPS) is 11.8. The number of rotatable bonds is 9. The number of nitrogens with one attached hydrogen (secondary N) is 1. The average Bonchev–Trinajstić information content (AvgIpc) is 2.38. The van der Waals surface area contributed by atoms with Gasteiger partial charge in [0.05, 0.1) is 0 Å². The summed E-state index contributed by atoms with van der Waals surface area (Å²) in [6, 6.07) is 9.38. The second-order valence-corrected chi connectivity index (χ2v) is 4.99. The van der Waals surface area contributed by atoms with Crippen LogP contribution in [0.3, 0.4) is 0 Å². The van der Waals surface area contributed by atoms with E-state index in [-0.39, 0.29) is 0 Å². The number of aryl methyl sites for hydroxylation is 1. The zero-order valence-electron chi connectivity index (χ0n) is 10.0. The van der Waals surface area contributed by atoms with Gasteiger partial charge in [0.15, 0.2) is 0 Å². The summed E-state index contributed by atoms with van der Waals surface area (Å²) in [5.41, 5.74) is 1.29. The Balaban J connectivity index is 2.14. The van der Waals surface area contributed by atoms with Crippen molar-refractivity contribution in [2.24, 2.45) is 0 Å². The van der Waals surface area contributed by atoms with E-state index in [0.29, 0.717) is 12.2 Å². The maximum absolute atomic E-state index is 10.7. The third-order valence-corrected chi connectivity index (χ3v) is 3.60. The third kappa shape index (κ3) is 5.72. The molecule has 0 aliphatic heterocycles. The van der Waals surface area contributed by atoms with Crippen molar-refractivity contribution in [1.29, 1.82) is 0 Å². The Labute approximate surface area is 111 Å². The first-order chi connectivity index (χ1) is 8.74. The van der Waals surface area contributed by atoms with Crippen LogP contribution in [0.25, 0.3) is 0 Å². The number of hydrogen-bond acceptors (Lipinski definition) is 3. The first-order valence-corrected chi connectivity index (χ1v) is 6.93. The van der Waals surface area contributed by atoms with Crippen molar-refractivity contribution in [2.45, 2.75) is 18.9 Å². The van der Waals surface area contributed by atoms with Crippen LogP contribution in [0.2, 0.25) is 0 Å². The SMILES string of the molecule is O=CN[C@@H](CSCCCc1ccccc1)C(=O)O. The van der Waals surface area contributed by atoms with Gasteiger partial charge in [-0.1, -0.05) is 30.3 Å². The minimum absolute atomic E-state index is 0.406. The molecule has 1 aromatic carbocycles. The molecule has 5 heteroatoms. The highest BCUT2D eigenvalue weighted by Crippen LogP contribution is 2.09. The van der Waals surface area contributed by atoms with E-state index in [1.807, 2.05) is 18.2 Å². The molecule has 1 aromatic rings. The van der Waals surface area contributed by atoms with Crippen molar-refractivity contribution in [2.75, 3.05) is 11.5 Å². The number of carboxylic acids is 1. The van der Waals surface area contributed by atoms with E-state index in [2.05, 4.69) is 17.4 Å². The maximum Gasteiger partial charge on any atom is 0.327 e. The number of carbonyl (C=O) groups excluding carboxylic acids is 1. The van der Waals surface area contributed by atoms with E-state index in [1.54, 1.807) is 11.8 Å². The lowest BCUT2D eigenvalue weighted by molar-refractivity contribution is -0.139. The fraction of sp³-hybridized carbons (Fsp3) is 0.385. The molecule has 1 atom stereocenters. The average molecular weight is 267 g/mol. The molecule has 1 rings (SSSR count). The number of thioether (sulfide) groups is 1. The van der Waals surface area contributed by atoms with E-state index in [4.69, 9.17) is 5.11 Å². The van der Waals surface area contributed by atoms with Crippen molar-refractivity contribution in [1.82, 2.24) is 5.32 Å². The first-order valence-electron chi connectivity index (χ1n) is 5.78. The van der Waals surface area contributed by atoms with Gasteiger partial charge in [-0.25, -0.2) is 4.79 Å². The topological polar surface area (TPSA) is 66.4 Å². The molecule has 0 saturated carbocycles. The molecular formula is C13H17NO3S. The maximum atomic E-state index is 10.7. The quantitative estimate of drug-likeness (QED) is 0.526. The predicted molar refractivity (Wildman–Crippen MR) is 72.7 cm³/mol. The molecule has 18 heavy (non-hydrogen) atoms. The number of carboxylic acid groups (broad SMARTS) is 1. The van der Waals surface area contributed by atoms with Gasteiger partial charge in [-0.3, -0.25) is 4.79 Å². The van der Waals surface area contributed by atoms with Crippen molar-refractivity contribution < 1.29 is 14.7 Å². The summed E-state index contributed by atoms with van der Waals surface area (Å²) in [6.07, 6.45) is 2.43. The lowest BCUT2D eigenvalue weighted by Gasteiger charge is -2.10. The van der Waals surface area contributed by atoms with Gasteiger partial charge in [0.1, 0.15) is 6.04 Å². The van der Waals surface area contributed by atoms with Crippen LogP contribution in [0.4, 0.5) is 0 Å². The molecular weight excluding hydrogens is 250 g/mol. The Morgan fingerprint density at radius 3 is 2.72 bits per heavy atom. The van der Waals surface area contributed by atoms with Gasteiger partial charge in [-0.05, 0) is 24.2 Å². The monoisotopic (exact) mass is 267 g/mol. The molecule has 1 amide bonds. The van der Waals surface area contributed by atoms with Gasteiger partial charge < -0.3 is 10.4 Å². The van der Waals surface area contributed by atoms with Crippen LogP contribution in [0.5, 0.6) is 0 Å². The summed E-state index contributed by atoms with van der Waals surface area (Å²) in [6.45, 7) is 0. The molecule has 4 nitrogen and oxygen atoms in total. The van der Waals surface area contributed by atoms with Gasteiger partial charge in [0.25, 0.3) is 0 Å². The fourth-order valence-corrected chi connectivity index (χ4v) is 2.49. The summed E-state index contributed by atoms with van der Waals surface area (Å²) in [4.78, 5) is 20.9. The highest BCUT2D eigenvalue weighted by atomic mass is 32.2. The third-order valence-electron chi connectivity index (χ3n) is 2.45. The van der Waals surface area contributed by atoms with Crippen LogP contribution in [0.15, 0.2) is 30.3 Å². The van der Waals surface area contributed by atoms with Crippen LogP contribution in [0.1, 0.15) is 12.0 Å². The second kappa shape index (κ2) is 8.58. The van der Waals surface area contributed by atoms with Gasteiger partial charge in [-0.15, -0.1) is 0 Å². The molecule has 0 bridgehead atoms. The second-order valence-electron chi connectivity index (χ2n) is 3.84. The largest absolute Gasteiger partial charge is 0.480 e. The van der Waals surface area contributed by atoms with Crippen molar-refractivity contribution in [3.8, 4) is 0 Å². The predicted octanol–water partition coefficient (Wildman–Crippen LogP) is 1.55. The van der Waals surface area contributed by atoms with Crippen LogP contribution in [0, 0.1) is 0 Å². The number of benzene rings is 1. The van der Waals surface area contributed by atoms with E-state index in [1.165, 1.54) is 5.56 Å². The number of amides is 1. The summed E-state index contributed by atoms with van der Waals surface area (Å²) in [5.74, 6) is 0.305. The van der Waals surface area contributed by atoms with Gasteiger partial charge >= 0.3 is 5.97 Å².